The minimum Gasteiger partial charge on any atom is -0.263 e. The first-order valence-corrected chi connectivity index (χ1v) is 11.0. The summed E-state index contributed by atoms with van der Waals surface area (Å²) in [7, 11) is -3.93. The van der Waals surface area contributed by atoms with Gasteiger partial charge in [-0.05, 0) is 36.5 Å². The van der Waals surface area contributed by atoms with Crippen LogP contribution in [0, 0.1) is 17.0 Å². The summed E-state index contributed by atoms with van der Waals surface area (Å²) in [6, 6.07) is 2.73. The van der Waals surface area contributed by atoms with Crippen LogP contribution in [-0.4, -0.2) is 41.0 Å². The zero-order valence-corrected chi connectivity index (χ0v) is 16.8. The van der Waals surface area contributed by atoms with Crippen molar-refractivity contribution < 1.29 is 17.2 Å². The fourth-order valence-electron chi connectivity index (χ4n) is 4.56. The molecule has 9 heteroatoms. The van der Waals surface area contributed by atoms with Gasteiger partial charge in [-0.2, -0.15) is 9.40 Å². The van der Waals surface area contributed by atoms with Crippen LogP contribution in [0.15, 0.2) is 23.1 Å². The Bertz CT molecular complexity index is 984. The number of nitrogens with one attached hydrogen (secondary N) is 1. The number of H-pyrrole nitrogens is 1. The van der Waals surface area contributed by atoms with Crippen molar-refractivity contribution in [3.05, 3.63) is 41.5 Å². The average molecular weight is 410 g/mol. The predicted molar refractivity (Wildman–Crippen MR) is 99.2 cm³/mol. The third-order valence-electron chi connectivity index (χ3n) is 6.11. The maximum absolute atomic E-state index is 13.6. The number of benzene rings is 1. The monoisotopic (exact) mass is 410 g/mol. The van der Waals surface area contributed by atoms with Crippen molar-refractivity contribution in [1.82, 2.24) is 19.5 Å². The van der Waals surface area contributed by atoms with Crippen molar-refractivity contribution in [2.24, 2.45) is 5.41 Å². The summed E-state index contributed by atoms with van der Waals surface area (Å²) >= 11 is 0. The topological polar surface area (TPSA) is 79.0 Å². The van der Waals surface area contributed by atoms with Crippen LogP contribution in [-0.2, 0) is 10.0 Å². The molecule has 4 rings (SSSR count). The highest BCUT2D eigenvalue weighted by atomic mass is 32.2. The molecular weight excluding hydrogens is 386 g/mol. The zero-order chi connectivity index (χ0) is 20.1. The van der Waals surface area contributed by atoms with E-state index in [1.807, 2.05) is 13.8 Å². The minimum atomic E-state index is -3.93. The largest absolute Gasteiger partial charge is 0.263 e. The molecule has 1 unspecified atom stereocenters. The molecule has 6 nitrogen and oxygen atoms in total. The Morgan fingerprint density at radius 3 is 2.54 bits per heavy atom. The summed E-state index contributed by atoms with van der Waals surface area (Å²) in [6.07, 6.45) is 3.92. The molecule has 28 heavy (non-hydrogen) atoms. The Labute approximate surface area is 163 Å². The van der Waals surface area contributed by atoms with E-state index in [0.717, 1.165) is 43.9 Å². The molecule has 2 aromatic rings. The van der Waals surface area contributed by atoms with Crippen molar-refractivity contribution in [2.45, 2.75) is 56.3 Å². The minimum absolute atomic E-state index is 0.0879. The van der Waals surface area contributed by atoms with E-state index in [0.29, 0.717) is 18.2 Å². The fourth-order valence-corrected chi connectivity index (χ4v) is 6.12. The summed E-state index contributed by atoms with van der Waals surface area (Å²) < 4.78 is 54.5. The Kier molecular flexibility index (Phi) is 4.78. The number of rotatable bonds is 4. The zero-order valence-electron chi connectivity index (χ0n) is 16.0. The van der Waals surface area contributed by atoms with Crippen molar-refractivity contribution in [3.8, 4) is 0 Å². The van der Waals surface area contributed by atoms with E-state index in [9.17, 15) is 17.2 Å². The summed E-state index contributed by atoms with van der Waals surface area (Å²) in [5.41, 5.74) is -0.195. The summed E-state index contributed by atoms with van der Waals surface area (Å²) in [5.74, 6) is -0.709. The molecule has 152 valence electrons. The quantitative estimate of drug-likeness (QED) is 0.836. The van der Waals surface area contributed by atoms with Crippen LogP contribution < -0.4 is 0 Å². The number of aromatic nitrogens is 3. The fraction of sp³-hybridized carbons (Fsp3) is 0.579. The number of aromatic amines is 1. The van der Waals surface area contributed by atoms with Gasteiger partial charge in [0, 0.05) is 24.9 Å². The van der Waals surface area contributed by atoms with Crippen molar-refractivity contribution >= 4 is 10.0 Å². The molecule has 2 aliphatic rings. The van der Waals surface area contributed by atoms with E-state index < -0.39 is 21.7 Å². The maximum atomic E-state index is 13.6. The number of sulfonamides is 1. The molecule has 1 spiro atoms. The average Bonchev–Trinajstić information content (AvgIpc) is 3.38. The van der Waals surface area contributed by atoms with E-state index in [4.69, 9.17) is 0 Å². The molecule has 0 radical (unpaired) electrons. The normalized spacial score (nSPS) is 22.5. The second-order valence-electron chi connectivity index (χ2n) is 8.23. The molecule has 1 atom stereocenters. The Hall–Kier alpha value is -1.87. The first-order chi connectivity index (χ1) is 13.2. The van der Waals surface area contributed by atoms with Gasteiger partial charge in [0.15, 0.2) is 17.5 Å². The Balaban J connectivity index is 1.69. The first-order valence-electron chi connectivity index (χ1n) is 9.60. The molecule has 1 aromatic heterocycles. The predicted octanol–water partition coefficient (Wildman–Crippen LogP) is 3.55. The van der Waals surface area contributed by atoms with Gasteiger partial charge in [0.1, 0.15) is 5.82 Å². The Morgan fingerprint density at radius 1 is 1.21 bits per heavy atom. The third kappa shape index (κ3) is 3.14. The molecule has 1 aromatic carbocycles. The Morgan fingerprint density at radius 2 is 1.93 bits per heavy atom. The van der Waals surface area contributed by atoms with Crippen molar-refractivity contribution in [2.75, 3.05) is 13.1 Å². The maximum Gasteiger partial charge on any atom is 0.243 e. The van der Waals surface area contributed by atoms with E-state index in [-0.39, 0.29) is 28.7 Å². The van der Waals surface area contributed by atoms with Crippen molar-refractivity contribution in [3.63, 3.8) is 0 Å². The molecule has 1 aliphatic carbocycles. The lowest BCUT2D eigenvalue weighted by molar-refractivity contribution is 0.277. The lowest BCUT2D eigenvalue weighted by atomic mass is 9.76. The number of nitrogens with zero attached hydrogens (tertiary/aromatic N) is 3. The highest BCUT2D eigenvalue weighted by Crippen LogP contribution is 2.53. The van der Waals surface area contributed by atoms with Gasteiger partial charge >= 0.3 is 0 Å². The molecule has 2 fully saturated rings. The van der Waals surface area contributed by atoms with Gasteiger partial charge in [0.05, 0.1) is 4.90 Å². The molecular formula is C19H24F2N4O2S. The van der Waals surface area contributed by atoms with Crippen LogP contribution in [0.4, 0.5) is 8.78 Å². The first kappa shape index (κ1) is 19.4. The second kappa shape index (κ2) is 6.88. The number of hydrogen-bond donors (Lipinski definition) is 1. The van der Waals surface area contributed by atoms with Gasteiger partial charge in [-0.3, -0.25) is 5.10 Å². The molecule has 1 saturated carbocycles. The molecule has 1 N–H and O–H groups in total. The van der Waals surface area contributed by atoms with Crippen LogP contribution >= 0.6 is 0 Å². The van der Waals surface area contributed by atoms with Crippen LogP contribution in [0.5, 0.6) is 0 Å². The van der Waals surface area contributed by atoms with Crippen LogP contribution in [0.3, 0.4) is 0 Å². The van der Waals surface area contributed by atoms with Crippen molar-refractivity contribution in [1.29, 1.82) is 0 Å². The molecule has 0 amide bonds. The van der Waals surface area contributed by atoms with Crippen LogP contribution in [0.25, 0.3) is 0 Å². The molecule has 1 aliphatic heterocycles. The lowest BCUT2D eigenvalue weighted by Gasteiger charge is -2.28. The summed E-state index contributed by atoms with van der Waals surface area (Å²) in [6.45, 7) is 4.63. The van der Waals surface area contributed by atoms with E-state index in [2.05, 4.69) is 15.2 Å². The molecule has 1 saturated heterocycles. The molecule has 0 bridgehead atoms. The van der Waals surface area contributed by atoms with Gasteiger partial charge in [0.25, 0.3) is 0 Å². The van der Waals surface area contributed by atoms with E-state index in [1.165, 1.54) is 4.31 Å². The van der Waals surface area contributed by atoms with Gasteiger partial charge in [-0.25, -0.2) is 22.2 Å². The van der Waals surface area contributed by atoms with Gasteiger partial charge in [0.2, 0.25) is 10.0 Å². The highest BCUT2D eigenvalue weighted by molar-refractivity contribution is 7.89. The second-order valence-corrected chi connectivity index (χ2v) is 10.2. The number of hydrogen-bond acceptors (Lipinski definition) is 4. The van der Waals surface area contributed by atoms with Gasteiger partial charge in [-0.1, -0.05) is 26.7 Å². The number of halogens is 2. The SMILES string of the molecule is CC(C)c1n[nH]c(C2CN(S(=O)(=O)c3ccc(F)c(F)c3)CC23CCCC3)n1. The van der Waals surface area contributed by atoms with E-state index in [1.54, 1.807) is 0 Å². The third-order valence-corrected chi connectivity index (χ3v) is 7.92. The smallest absolute Gasteiger partial charge is 0.243 e. The van der Waals surface area contributed by atoms with Crippen LogP contribution in [0.2, 0.25) is 0 Å². The standard InChI is InChI=1S/C19H24F2N4O2S/c1-12(2)17-22-18(24-23-17)14-10-25(11-19(14)7-3-4-8-19)28(26,27)13-5-6-15(20)16(21)9-13/h5-6,9,12,14H,3-4,7-8,10-11H2,1-2H3,(H,22,23,24). The van der Waals surface area contributed by atoms with Gasteiger partial charge < -0.3 is 0 Å². The lowest BCUT2D eigenvalue weighted by Crippen LogP contribution is -2.31. The highest BCUT2D eigenvalue weighted by Gasteiger charge is 2.53. The van der Waals surface area contributed by atoms with Gasteiger partial charge in [-0.15, -0.1) is 0 Å². The molecule has 2 heterocycles. The van der Waals surface area contributed by atoms with Crippen LogP contribution in [0.1, 0.15) is 63.0 Å². The van der Waals surface area contributed by atoms with E-state index >= 15 is 0 Å². The summed E-state index contributed by atoms with van der Waals surface area (Å²) in [4.78, 5) is 4.41. The summed E-state index contributed by atoms with van der Waals surface area (Å²) in [5, 5.41) is 7.30.